The molecule has 1 aliphatic rings. The minimum atomic E-state index is 0.423. The second-order valence-corrected chi connectivity index (χ2v) is 6.01. The van der Waals surface area contributed by atoms with E-state index in [4.69, 9.17) is 0 Å². The summed E-state index contributed by atoms with van der Waals surface area (Å²) < 4.78 is 1.20. The number of nitrogens with one attached hydrogen (secondary N) is 1. The summed E-state index contributed by atoms with van der Waals surface area (Å²) >= 11 is 3.60. The Morgan fingerprint density at radius 1 is 1.40 bits per heavy atom. The lowest BCUT2D eigenvalue weighted by Crippen LogP contribution is -2.24. The van der Waals surface area contributed by atoms with E-state index in [2.05, 4.69) is 66.3 Å². The fourth-order valence-corrected chi connectivity index (χ4v) is 2.60. The summed E-state index contributed by atoms with van der Waals surface area (Å²) in [6.45, 7) is 6.86. The lowest BCUT2D eigenvalue weighted by molar-refractivity contribution is 0.491. The predicted molar refractivity (Wildman–Crippen MR) is 67.9 cm³/mol. The standard InChI is InChI=1S/C13H18BrN/c1-9(15-12-8-13(12,2)3)10-6-4-5-7-11(10)14/h4-7,9,12,15H,8H2,1-3H3. The molecule has 1 nitrogen and oxygen atoms in total. The van der Waals surface area contributed by atoms with Gasteiger partial charge in [-0.25, -0.2) is 0 Å². The highest BCUT2D eigenvalue weighted by molar-refractivity contribution is 9.10. The predicted octanol–water partition coefficient (Wildman–Crippen LogP) is 3.90. The van der Waals surface area contributed by atoms with Crippen LogP contribution in [0.3, 0.4) is 0 Å². The van der Waals surface area contributed by atoms with Gasteiger partial charge in [-0.2, -0.15) is 0 Å². The fraction of sp³-hybridized carbons (Fsp3) is 0.538. The Bertz CT molecular complexity index is 359. The molecule has 1 saturated carbocycles. The number of rotatable bonds is 3. The Morgan fingerprint density at radius 3 is 2.53 bits per heavy atom. The number of halogens is 1. The van der Waals surface area contributed by atoms with Crippen LogP contribution >= 0.6 is 15.9 Å². The van der Waals surface area contributed by atoms with Crippen LogP contribution in [0.2, 0.25) is 0 Å². The van der Waals surface area contributed by atoms with E-state index in [1.807, 2.05) is 0 Å². The average molecular weight is 268 g/mol. The summed E-state index contributed by atoms with van der Waals surface area (Å²) in [5.41, 5.74) is 1.84. The van der Waals surface area contributed by atoms with Crippen molar-refractivity contribution in [1.29, 1.82) is 0 Å². The van der Waals surface area contributed by atoms with Gasteiger partial charge in [0.2, 0.25) is 0 Å². The molecule has 15 heavy (non-hydrogen) atoms. The first-order chi connectivity index (χ1) is 7.00. The molecule has 0 aliphatic heterocycles. The van der Waals surface area contributed by atoms with E-state index in [1.165, 1.54) is 16.5 Å². The summed E-state index contributed by atoms with van der Waals surface area (Å²) in [5, 5.41) is 3.67. The highest BCUT2D eigenvalue weighted by atomic mass is 79.9. The Kier molecular flexibility index (Phi) is 2.91. The zero-order valence-electron chi connectivity index (χ0n) is 9.55. The molecule has 2 rings (SSSR count). The third-order valence-corrected chi connectivity index (χ3v) is 4.06. The molecule has 2 unspecified atom stereocenters. The van der Waals surface area contributed by atoms with Crippen LogP contribution in [0, 0.1) is 5.41 Å². The third-order valence-electron chi connectivity index (χ3n) is 3.34. The SMILES string of the molecule is CC(NC1CC1(C)C)c1ccccc1Br. The molecule has 0 radical (unpaired) electrons. The van der Waals surface area contributed by atoms with Crippen LogP contribution in [0.15, 0.2) is 28.7 Å². The summed E-state index contributed by atoms with van der Waals surface area (Å²) in [6.07, 6.45) is 1.29. The third kappa shape index (κ3) is 2.43. The molecule has 0 bridgehead atoms. The second kappa shape index (κ2) is 3.91. The molecule has 2 atom stereocenters. The number of benzene rings is 1. The fourth-order valence-electron chi connectivity index (χ4n) is 1.97. The molecular formula is C13H18BrN. The molecule has 0 aromatic heterocycles. The average Bonchev–Trinajstić information content (AvgIpc) is 2.74. The van der Waals surface area contributed by atoms with Crippen LogP contribution < -0.4 is 5.32 Å². The van der Waals surface area contributed by atoms with Gasteiger partial charge in [-0.3, -0.25) is 0 Å². The molecule has 82 valence electrons. The number of hydrogen-bond acceptors (Lipinski definition) is 1. The van der Waals surface area contributed by atoms with Crippen LogP contribution in [-0.4, -0.2) is 6.04 Å². The van der Waals surface area contributed by atoms with Gasteiger partial charge in [0.05, 0.1) is 0 Å². The first kappa shape index (κ1) is 11.2. The van der Waals surface area contributed by atoms with Crippen molar-refractivity contribution in [1.82, 2.24) is 5.32 Å². The van der Waals surface area contributed by atoms with Crippen molar-refractivity contribution < 1.29 is 0 Å². The Balaban J connectivity index is 2.03. The zero-order valence-corrected chi connectivity index (χ0v) is 11.1. The van der Waals surface area contributed by atoms with E-state index in [1.54, 1.807) is 0 Å². The van der Waals surface area contributed by atoms with Crippen LogP contribution in [0.1, 0.15) is 38.8 Å². The normalized spacial score (nSPS) is 24.9. The Morgan fingerprint density at radius 2 is 2.00 bits per heavy atom. The monoisotopic (exact) mass is 267 g/mol. The van der Waals surface area contributed by atoms with Crippen LogP contribution in [0.5, 0.6) is 0 Å². The van der Waals surface area contributed by atoms with E-state index < -0.39 is 0 Å². The maximum Gasteiger partial charge on any atom is 0.0305 e. The van der Waals surface area contributed by atoms with Crippen molar-refractivity contribution in [2.75, 3.05) is 0 Å². The van der Waals surface area contributed by atoms with Crippen molar-refractivity contribution >= 4 is 15.9 Å². The van der Waals surface area contributed by atoms with Gasteiger partial charge < -0.3 is 5.32 Å². The van der Waals surface area contributed by atoms with Crippen molar-refractivity contribution in [3.8, 4) is 0 Å². The van der Waals surface area contributed by atoms with Gasteiger partial charge in [-0.1, -0.05) is 48.0 Å². The second-order valence-electron chi connectivity index (χ2n) is 5.16. The summed E-state index contributed by atoms with van der Waals surface area (Å²) in [4.78, 5) is 0. The number of hydrogen-bond donors (Lipinski definition) is 1. The van der Waals surface area contributed by atoms with Crippen LogP contribution in [-0.2, 0) is 0 Å². The molecule has 1 aliphatic carbocycles. The molecule has 0 heterocycles. The summed E-state index contributed by atoms with van der Waals surface area (Å²) in [5.74, 6) is 0. The van der Waals surface area contributed by atoms with E-state index in [0.29, 0.717) is 17.5 Å². The topological polar surface area (TPSA) is 12.0 Å². The van der Waals surface area contributed by atoms with Crippen molar-refractivity contribution in [3.05, 3.63) is 34.3 Å². The van der Waals surface area contributed by atoms with Gasteiger partial charge in [0.15, 0.2) is 0 Å². The van der Waals surface area contributed by atoms with Gasteiger partial charge in [0, 0.05) is 16.6 Å². The maximum atomic E-state index is 3.67. The first-order valence-electron chi connectivity index (χ1n) is 5.51. The van der Waals surface area contributed by atoms with Crippen molar-refractivity contribution in [3.63, 3.8) is 0 Å². The lowest BCUT2D eigenvalue weighted by Gasteiger charge is -2.16. The molecule has 0 amide bonds. The molecule has 1 aromatic carbocycles. The molecule has 1 aromatic rings. The van der Waals surface area contributed by atoms with Crippen molar-refractivity contribution in [2.45, 2.75) is 39.3 Å². The Hall–Kier alpha value is -0.340. The molecule has 0 spiro atoms. The molecule has 1 N–H and O–H groups in total. The molecule has 1 fully saturated rings. The highest BCUT2D eigenvalue weighted by Crippen LogP contribution is 2.45. The minimum Gasteiger partial charge on any atom is -0.307 e. The van der Waals surface area contributed by atoms with Crippen LogP contribution in [0.4, 0.5) is 0 Å². The van der Waals surface area contributed by atoms with E-state index in [-0.39, 0.29) is 0 Å². The summed E-state index contributed by atoms with van der Waals surface area (Å²) in [7, 11) is 0. The van der Waals surface area contributed by atoms with E-state index >= 15 is 0 Å². The molecule has 2 heteroatoms. The van der Waals surface area contributed by atoms with E-state index in [9.17, 15) is 0 Å². The largest absolute Gasteiger partial charge is 0.307 e. The van der Waals surface area contributed by atoms with Crippen LogP contribution in [0.25, 0.3) is 0 Å². The maximum absolute atomic E-state index is 3.67. The first-order valence-corrected chi connectivity index (χ1v) is 6.30. The van der Waals surface area contributed by atoms with Gasteiger partial charge in [-0.05, 0) is 30.4 Å². The molecule has 0 saturated heterocycles. The zero-order chi connectivity index (χ0) is 11.1. The van der Waals surface area contributed by atoms with Gasteiger partial charge in [0.1, 0.15) is 0 Å². The lowest BCUT2D eigenvalue weighted by atomic mass is 10.1. The molecular weight excluding hydrogens is 250 g/mol. The minimum absolute atomic E-state index is 0.423. The van der Waals surface area contributed by atoms with E-state index in [0.717, 1.165) is 0 Å². The van der Waals surface area contributed by atoms with Gasteiger partial charge in [0.25, 0.3) is 0 Å². The smallest absolute Gasteiger partial charge is 0.0305 e. The van der Waals surface area contributed by atoms with Gasteiger partial charge >= 0.3 is 0 Å². The Labute approximate surface area is 100 Å². The van der Waals surface area contributed by atoms with Gasteiger partial charge in [-0.15, -0.1) is 0 Å². The highest BCUT2D eigenvalue weighted by Gasteiger charge is 2.45. The summed E-state index contributed by atoms with van der Waals surface area (Å²) in [6, 6.07) is 9.53. The quantitative estimate of drug-likeness (QED) is 0.876. The van der Waals surface area contributed by atoms with Crippen molar-refractivity contribution in [2.24, 2.45) is 5.41 Å².